The van der Waals surface area contributed by atoms with Gasteiger partial charge in [0.1, 0.15) is 28.2 Å². The lowest BCUT2D eigenvalue weighted by Gasteiger charge is -2.10. The maximum Gasteiger partial charge on any atom is 0.145 e. The van der Waals surface area contributed by atoms with E-state index in [-0.39, 0.29) is 0 Å². The predicted octanol–water partition coefficient (Wildman–Crippen LogP) is 2.94. The summed E-state index contributed by atoms with van der Waals surface area (Å²) in [7, 11) is 3.50. The highest BCUT2D eigenvalue weighted by Gasteiger charge is 2.06. The molecule has 106 valence electrons. The van der Waals surface area contributed by atoms with Crippen LogP contribution in [0.25, 0.3) is 0 Å². The Morgan fingerprint density at radius 3 is 2.80 bits per heavy atom. The number of halogens is 1. The van der Waals surface area contributed by atoms with Gasteiger partial charge in [-0.05, 0) is 40.0 Å². The van der Waals surface area contributed by atoms with Gasteiger partial charge >= 0.3 is 0 Å². The summed E-state index contributed by atoms with van der Waals surface area (Å²) >= 11 is 3.48. The number of benzene rings is 1. The standard InChI is InChI=1S/C14H17BrN4O/c1-16-13-12(15)14(19-9-18-13)17-7-6-10-4-3-5-11(8-10)20-2/h3-5,8-9H,6-7H2,1-2H3,(H2,16,17,18,19). The fraction of sp³-hybridized carbons (Fsp3) is 0.286. The van der Waals surface area contributed by atoms with E-state index in [1.165, 1.54) is 11.9 Å². The number of aromatic nitrogens is 2. The van der Waals surface area contributed by atoms with Gasteiger partial charge in [-0.25, -0.2) is 9.97 Å². The summed E-state index contributed by atoms with van der Waals surface area (Å²) in [6, 6.07) is 8.05. The van der Waals surface area contributed by atoms with Crippen LogP contribution in [0.4, 0.5) is 11.6 Å². The number of ether oxygens (including phenoxy) is 1. The van der Waals surface area contributed by atoms with Crippen molar-refractivity contribution < 1.29 is 4.74 Å². The van der Waals surface area contributed by atoms with Gasteiger partial charge in [-0.15, -0.1) is 0 Å². The Labute approximate surface area is 126 Å². The average Bonchev–Trinajstić information content (AvgIpc) is 2.49. The molecule has 0 fully saturated rings. The second-order valence-corrected chi connectivity index (χ2v) is 4.96. The van der Waals surface area contributed by atoms with Gasteiger partial charge in [-0.1, -0.05) is 12.1 Å². The van der Waals surface area contributed by atoms with Crippen molar-refractivity contribution >= 4 is 27.6 Å². The Morgan fingerprint density at radius 2 is 2.05 bits per heavy atom. The summed E-state index contributed by atoms with van der Waals surface area (Å²) in [4.78, 5) is 8.34. The first-order valence-corrected chi connectivity index (χ1v) is 7.09. The van der Waals surface area contributed by atoms with Crippen LogP contribution in [0.5, 0.6) is 5.75 Å². The van der Waals surface area contributed by atoms with Crippen molar-refractivity contribution in [3.05, 3.63) is 40.6 Å². The van der Waals surface area contributed by atoms with E-state index < -0.39 is 0 Å². The zero-order chi connectivity index (χ0) is 14.4. The van der Waals surface area contributed by atoms with E-state index in [9.17, 15) is 0 Å². The van der Waals surface area contributed by atoms with Crippen molar-refractivity contribution in [1.82, 2.24) is 9.97 Å². The average molecular weight is 337 g/mol. The molecular formula is C14H17BrN4O. The first-order chi connectivity index (χ1) is 9.74. The summed E-state index contributed by atoms with van der Waals surface area (Å²) in [5, 5.41) is 6.30. The van der Waals surface area contributed by atoms with Crippen molar-refractivity contribution in [2.45, 2.75) is 6.42 Å². The predicted molar refractivity (Wildman–Crippen MR) is 84.5 cm³/mol. The van der Waals surface area contributed by atoms with E-state index in [1.54, 1.807) is 7.11 Å². The third kappa shape index (κ3) is 3.60. The Hall–Kier alpha value is -1.82. The van der Waals surface area contributed by atoms with E-state index in [4.69, 9.17) is 4.74 Å². The molecule has 0 saturated heterocycles. The maximum atomic E-state index is 5.21. The van der Waals surface area contributed by atoms with Crippen molar-refractivity contribution in [3.63, 3.8) is 0 Å². The lowest BCUT2D eigenvalue weighted by Crippen LogP contribution is -2.08. The van der Waals surface area contributed by atoms with E-state index in [0.717, 1.165) is 34.8 Å². The minimum absolute atomic E-state index is 0.767. The zero-order valence-electron chi connectivity index (χ0n) is 11.5. The van der Waals surface area contributed by atoms with Gasteiger partial charge in [0, 0.05) is 13.6 Å². The second-order valence-electron chi connectivity index (χ2n) is 4.16. The van der Waals surface area contributed by atoms with Gasteiger partial charge in [-0.2, -0.15) is 0 Å². The summed E-state index contributed by atoms with van der Waals surface area (Å²) in [6.45, 7) is 0.784. The van der Waals surface area contributed by atoms with Gasteiger partial charge in [0.25, 0.3) is 0 Å². The lowest BCUT2D eigenvalue weighted by molar-refractivity contribution is 0.414. The highest BCUT2D eigenvalue weighted by molar-refractivity contribution is 9.10. The molecule has 20 heavy (non-hydrogen) atoms. The number of hydrogen-bond donors (Lipinski definition) is 2. The summed E-state index contributed by atoms with van der Waals surface area (Å²) < 4.78 is 6.05. The zero-order valence-corrected chi connectivity index (χ0v) is 13.1. The van der Waals surface area contributed by atoms with E-state index in [1.807, 2.05) is 25.2 Å². The second kappa shape index (κ2) is 7.09. The first kappa shape index (κ1) is 14.6. The molecule has 0 saturated carbocycles. The monoisotopic (exact) mass is 336 g/mol. The molecule has 1 aromatic heterocycles. The van der Waals surface area contributed by atoms with Gasteiger partial charge < -0.3 is 15.4 Å². The number of anilines is 2. The van der Waals surface area contributed by atoms with E-state index in [0.29, 0.717) is 0 Å². The normalized spacial score (nSPS) is 10.2. The Morgan fingerprint density at radius 1 is 1.25 bits per heavy atom. The molecule has 0 bridgehead atoms. The minimum Gasteiger partial charge on any atom is -0.497 e. The van der Waals surface area contributed by atoms with Crippen molar-refractivity contribution in [2.75, 3.05) is 31.3 Å². The quantitative estimate of drug-likeness (QED) is 0.849. The van der Waals surface area contributed by atoms with Gasteiger partial charge in [-0.3, -0.25) is 0 Å². The van der Waals surface area contributed by atoms with Crippen LogP contribution in [-0.2, 0) is 6.42 Å². The smallest absolute Gasteiger partial charge is 0.145 e. The highest BCUT2D eigenvalue weighted by atomic mass is 79.9. The molecule has 2 rings (SSSR count). The van der Waals surface area contributed by atoms with Crippen LogP contribution in [0, 0.1) is 0 Å². The van der Waals surface area contributed by atoms with Gasteiger partial charge in [0.15, 0.2) is 0 Å². The third-order valence-corrected chi connectivity index (χ3v) is 3.62. The number of nitrogens with zero attached hydrogens (tertiary/aromatic N) is 2. The maximum absolute atomic E-state index is 5.21. The van der Waals surface area contributed by atoms with Crippen molar-refractivity contribution in [3.8, 4) is 5.75 Å². The molecule has 0 amide bonds. The molecule has 0 radical (unpaired) electrons. The first-order valence-electron chi connectivity index (χ1n) is 6.29. The molecule has 6 heteroatoms. The summed E-state index contributed by atoms with van der Waals surface area (Å²) in [5.74, 6) is 2.43. The Bertz CT molecular complexity index is 577. The fourth-order valence-corrected chi connectivity index (χ4v) is 2.36. The summed E-state index contributed by atoms with van der Waals surface area (Å²) in [6.07, 6.45) is 2.42. The molecule has 5 nitrogen and oxygen atoms in total. The van der Waals surface area contributed by atoms with Crippen LogP contribution in [0.15, 0.2) is 35.1 Å². The van der Waals surface area contributed by atoms with E-state index in [2.05, 4.69) is 42.6 Å². The molecule has 1 heterocycles. The minimum atomic E-state index is 0.767. The molecule has 0 atom stereocenters. The van der Waals surface area contributed by atoms with Crippen molar-refractivity contribution in [2.24, 2.45) is 0 Å². The number of methoxy groups -OCH3 is 1. The molecule has 0 unspecified atom stereocenters. The summed E-state index contributed by atoms with van der Waals surface area (Å²) in [5.41, 5.74) is 1.22. The fourth-order valence-electron chi connectivity index (χ4n) is 1.82. The molecule has 2 N–H and O–H groups in total. The van der Waals surface area contributed by atoms with Crippen LogP contribution in [0.3, 0.4) is 0 Å². The highest BCUT2D eigenvalue weighted by Crippen LogP contribution is 2.25. The molecule has 0 aliphatic rings. The number of rotatable bonds is 6. The lowest BCUT2D eigenvalue weighted by atomic mass is 10.1. The van der Waals surface area contributed by atoms with Crippen molar-refractivity contribution in [1.29, 1.82) is 0 Å². The Balaban J connectivity index is 1.96. The number of nitrogens with one attached hydrogen (secondary N) is 2. The van der Waals surface area contributed by atoms with E-state index >= 15 is 0 Å². The molecule has 0 aliphatic heterocycles. The molecule has 2 aromatic rings. The van der Waals surface area contributed by atoms with Crippen LogP contribution < -0.4 is 15.4 Å². The van der Waals surface area contributed by atoms with Crippen LogP contribution in [0.1, 0.15) is 5.56 Å². The molecule has 1 aromatic carbocycles. The van der Waals surface area contributed by atoms with Gasteiger partial charge in [0.05, 0.1) is 7.11 Å². The van der Waals surface area contributed by atoms with Crippen LogP contribution >= 0.6 is 15.9 Å². The topological polar surface area (TPSA) is 59.1 Å². The van der Waals surface area contributed by atoms with Crippen LogP contribution in [0.2, 0.25) is 0 Å². The molecular weight excluding hydrogens is 320 g/mol. The molecule has 0 aliphatic carbocycles. The third-order valence-electron chi connectivity index (χ3n) is 2.87. The SMILES string of the molecule is CNc1ncnc(NCCc2cccc(OC)c2)c1Br. The Kier molecular flexibility index (Phi) is 5.17. The van der Waals surface area contributed by atoms with Crippen LogP contribution in [-0.4, -0.2) is 30.7 Å². The number of hydrogen-bond acceptors (Lipinski definition) is 5. The largest absolute Gasteiger partial charge is 0.497 e. The van der Waals surface area contributed by atoms with Gasteiger partial charge in [0.2, 0.25) is 0 Å². The molecule has 0 spiro atoms.